The van der Waals surface area contributed by atoms with Gasteiger partial charge in [0, 0.05) is 5.57 Å². The smallest absolute Gasteiger partial charge is 0.354 e. The number of hydrogen-bond acceptors (Lipinski definition) is 8. The molecule has 1 heterocycles. The van der Waals surface area contributed by atoms with Crippen molar-refractivity contribution in [3.05, 3.63) is 34.7 Å². The van der Waals surface area contributed by atoms with Gasteiger partial charge in [0.15, 0.2) is 0 Å². The van der Waals surface area contributed by atoms with Crippen LogP contribution in [0.3, 0.4) is 0 Å². The van der Waals surface area contributed by atoms with Crippen LogP contribution in [0, 0.1) is 11.3 Å². The minimum atomic E-state index is -0.851. The Kier molecular flexibility index (Phi) is 7.23. The largest absolute Gasteiger partial charge is 0.462 e. The number of allylic oxidation sites excluding steroid dienone is 3. The molecular formula is C16H18N2O6. The maximum absolute atomic E-state index is 11.9. The van der Waals surface area contributed by atoms with Crippen molar-refractivity contribution < 1.29 is 28.6 Å². The maximum Gasteiger partial charge on any atom is 0.354 e. The Morgan fingerprint density at radius 3 is 1.79 bits per heavy atom. The third kappa shape index (κ3) is 4.71. The molecule has 0 bridgehead atoms. The van der Waals surface area contributed by atoms with Crippen LogP contribution >= 0.6 is 0 Å². The van der Waals surface area contributed by atoms with Crippen LogP contribution in [0.5, 0.6) is 0 Å². The molecule has 8 nitrogen and oxygen atoms in total. The number of nitrogens with one attached hydrogen (secondary N) is 1. The molecule has 1 N–H and O–H groups in total. The summed E-state index contributed by atoms with van der Waals surface area (Å²) in [5.74, 6) is -2.31. The highest BCUT2D eigenvalue weighted by Gasteiger charge is 2.25. The standard InChI is InChI=1S/C16H18N2O6/c1-4-22-14(19)11(9-17)10-7-12(15(20)23-5-2)18-13(8-10)16(21)24-6-3/h7-8,18H,4-6H2,1-3H3. The number of carbonyl (C=O) groups excluding carboxylic acids is 3. The van der Waals surface area contributed by atoms with E-state index in [1.165, 1.54) is 12.2 Å². The topological polar surface area (TPSA) is 115 Å². The molecule has 24 heavy (non-hydrogen) atoms. The number of carbonyl (C=O) groups is 3. The number of ether oxygens (including phenoxy) is 3. The average Bonchev–Trinajstić information content (AvgIpc) is 2.56. The Bertz CT molecular complexity index is 631. The summed E-state index contributed by atoms with van der Waals surface area (Å²) in [6, 6.07) is 1.72. The molecule has 0 fully saturated rings. The molecule has 1 aliphatic heterocycles. The van der Waals surface area contributed by atoms with E-state index in [-0.39, 0.29) is 42.4 Å². The third-order valence-corrected chi connectivity index (χ3v) is 2.74. The van der Waals surface area contributed by atoms with Gasteiger partial charge in [-0.3, -0.25) is 0 Å². The summed E-state index contributed by atoms with van der Waals surface area (Å²) in [6.45, 7) is 5.17. The first-order valence-electron chi connectivity index (χ1n) is 7.34. The third-order valence-electron chi connectivity index (χ3n) is 2.74. The van der Waals surface area contributed by atoms with Gasteiger partial charge in [0.05, 0.1) is 19.8 Å². The van der Waals surface area contributed by atoms with Gasteiger partial charge in [0.2, 0.25) is 0 Å². The van der Waals surface area contributed by atoms with E-state index < -0.39 is 17.9 Å². The SMILES string of the molecule is CCOC(=O)C1=CC(=C(C#N)C(=O)OCC)C=C(C(=O)OCC)N1. The summed E-state index contributed by atoms with van der Waals surface area (Å²) in [6.07, 6.45) is 2.49. The minimum absolute atomic E-state index is 0.0563. The highest BCUT2D eigenvalue weighted by molar-refractivity contribution is 5.99. The van der Waals surface area contributed by atoms with Gasteiger partial charge in [0.25, 0.3) is 0 Å². The van der Waals surface area contributed by atoms with Gasteiger partial charge in [-0.2, -0.15) is 5.26 Å². The second-order valence-corrected chi connectivity index (χ2v) is 4.34. The van der Waals surface area contributed by atoms with Crippen LogP contribution in [-0.2, 0) is 28.6 Å². The highest BCUT2D eigenvalue weighted by atomic mass is 16.5. The first-order valence-corrected chi connectivity index (χ1v) is 7.34. The summed E-state index contributed by atoms with van der Waals surface area (Å²) in [7, 11) is 0. The van der Waals surface area contributed by atoms with Gasteiger partial charge >= 0.3 is 17.9 Å². The Morgan fingerprint density at radius 1 is 0.958 bits per heavy atom. The molecule has 0 saturated heterocycles. The molecule has 0 aliphatic carbocycles. The van der Waals surface area contributed by atoms with Crippen molar-refractivity contribution >= 4 is 17.9 Å². The predicted octanol–water partition coefficient (Wildman–Crippen LogP) is 0.867. The molecule has 0 atom stereocenters. The van der Waals surface area contributed by atoms with Gasteiger partial charge in [-0.25, -0.2) is 14.4 Å². The Morgan fingerprint density at radius 2 is 1.42 bits per heavy atom. The monoisotopic (exact) mass is 334 g/mol. The zero-order valence-corrected chi connectivity index (χ0v) is 13.7. The maximum atomic E-state index is 11.9. The normalized spacial score (nSPS) is 12.8. The molecule has 0 aromatic heterocycles. The van der Waals surface area contributed by atoms with E-state index >= 15 is 0 Å². The average molecular weight is 334 g/mol. The van der Waals surface area contributed by atoms with Gasteiger partial charge in [-0.1, -0.05) is 0 Å². The first-order chi connectivity index (χ1) is 11.5. The number of rotatable bonds is 6. The minimum Gasteiger partial charge on any atom is -0.462 e. The van der Waals surface area contributed by atoms with Gasteiger partial charge in [-0.15, -0.1) is 0 Å². The van der Waals surface area contributed by atoms with E-state index in [0.29, 0.717) is 0 Å². The molecular weight excluding hydrogens is 316 g/mol. The number of hydrogen-bond donors (Lipinski definition) is 1. The fourth-order valence-corrected chi connectivity index (χ4v) is 1.78. The number of nitrogens with zero attached hydrogens (tertiary/aromatic N) is 1. The Labute approximate surface area is 139 Å². The van der Waals surface area contributed by atoms with Crippen molar-refractivity contribution in [2.45, 2.75) is 20.8 Å². The molecule has 1 aliphatic rings. The van der Waals surface area contributed by atoms with Crippen LogP contribution in [0.2, 0.25) is 0 Å². The lowest BCUT2D eigenvalue weighted by Gasteiger charge is -2.17. The zero-order valence-electron chi connectivity index (χ0n) is 13.7. The summed E-state index contributed by atoms with van der Waals surface area (Å²) in [5.41, 5.74) is -0.452. The Balaban J connectivity index is 3.36. The van der Waals surface area contributed by atoms with Crippen LogP contribution < -0.4 is 5.32 Å². The second-order valence-electron chi connectivity index (χ2n) is 4.34. The fourth-order valence-electron chi connectivity index (χ4n) is 1.78. The summed E-state index contributed by atoms with van der Waals surface area (Å²) in [4.78, 5) is 35.7. The predicted molar refractivity (Wildman–Crippen MR) is 81.8 cm³/mol. The molecule has 0 radical (unpaired) electrons. The molecule has 0 amide bonds. The molecule has 0 saturated carbocycles. The van der Waals surface area contributed by atoms with E-state index in [9.17, 15) is 19.6 Å². The lowest BCUT2D eigenvalue weighted by Crippen LogP contribution is -2.30. The lowest BCUT2D eigenvalue weighted by molar-refractivity contribution is -0.140. The van der Waals surface area contributed by atoms with Crippen LogP contribution in [0.25, 0.3) is 0 Å². The van der Waals surface area contributed by atoms with E-state index in [0.717, 1.165) is 0 Å². The number of esters is 3. The van der Waals surface area contributed by atoms with Crippen molar-refractivity contribution in [1.29, 1.82) is 5.26 Å². The summed E-state index contributed by atoms with van der Waals surface area (Å²) >= 11 is 0. The summed E-state index contributed by atoms with van der Waals surface area (Å²) < 4.78 is 14.5. The number of dihydropyridines is 1. The van der Waals surface area contributed by atoms with Crippen molar-refractivity contribution in [1.82, 2.24) is 5.32 Å². The van der Waals surface area contributed by atoms with Crippen LogP contribution in [0.1, 0.15) is 20.8 Å². The lowest BCUT2D eigenvalue weighted by atomic mass is 10.0. The first kappa shape index (κ1) is 19.0. The quantitative estimate of drug-likeness (QED) is 0.329. The van der Waals surface area contributed by atoms with Crippen molar-refractivity contribution in [2.24, 2.45) is 0 Å². The van der Waals surface area contributed by atoms with E-state index in [4.69, 9.17) is 14.2 Å². The van der Waals surface area contributed by atoms with Crippen LogP contribution in [0.15, 0.2) is 34.7 Å². The summed E-state index contributed by atoms with van der Waals surface area (Å²) in [5, 5.41) is 11.8. The van der Waals surface area contributed by atoms with Gasteiger partial charge in [-0.05, 0) is 32.9 Å². The highest BCUT2D eigenvalue weighted by Crippen LogP contribution is 2.19. The molecule has 0 aromatic carbocycles. The van der Waals surface area contributed by atoms with Crippen molar-refractivity contribution in [3.8, 4) is 6.07 Å². The van der Waals surface area contributed by atoms with E-state index in [2.05, 4.69) is 5.32 Å². The molecule has 0 aromatic rings. The molecule has 8 heteroatoms. The van der Waals surface area contributed by atoms with Gasteiger partial charge < -0.3 is 19.5 Å². The van der Waals surface area contributed by atoms with Crippen LogP contribution in [0.4, 0.5) is 0 Å². The second kappa shape index (κ2) is 9.15. The van der Waals surface area contributed by atoms with Gasteiger partial charge in [0.1, 0.15) is 23.0 Å². The fraction of sp³-hybridized carbons (Fsp3) is 0.375. The van der Waals surface area contributed by atoms with Crippen molar-refractivity contribution in [2.75, 3.05) is 19.8 Å². The molecule has 1 rings (SSSR count). The van der Waals surface area contributed by atoms with Crippen molar-refractivity contribution in [3.63, 3.8) is 0 Å². The number of nitriles is 1. The Hall–Kier alpha value is -3.08. The van der Waals surface area contributed by atoms with E-state index in [1.54, 1.807) is 26.8 Å². The zero-order chi connectivity index (χ0) is 18.1. The molecule has 0 spiro atoms. The molecule has 0 unspecified atom stereocenters. The van der Waals surface area contributed by atoms with Crippen LogP contribution in [-0.4, -0.2) is 37.7 Å². The van der Waals surface area contributed by atoms with E-state index in [1.807, 2.05) is 0 Å². The molecule has 128 valence electrons.